The Morgan fingerprint density at radius 2 is 1.67 bits per heavy atom. The van der Waals surface area contributed by atoms with Crippen molar-refractivity contribution in [3.05, 3.63) is 77.4 Å². The van der Waals surface area contributed by atoms with E-state index in [1.54, 1.807) is 43.1 Å². The maximum atomic E-state index is 13.8. The highest BCUT2D eigenvalue weighted by atomic mass is 16.2. The third-order valence-corrected chi connectivity index (χ3v) is 8.22. The molecule has 0 unspecified atom stereocenters. The number of hydrogen-bond acceptors (Lipinski definition) is 9. The van der Waals surface area contributed by atoms with E-state index in [0.717, 1.165) is 11.1 Å². The summed E-state index contributed by atoms with van der Waals surface area (Å²) in [5.41, 5.74) is 2.08. The molecule has 0 saturated carbocycles. The average molecular weight is 670 g/mol. The Morgan fingerprint density at radius 3 is 2.37 bits per heavy atom. The fraction of sp³-hybridized carbons (Fsp3) is 0.441. The lowest BCUT2D eigenvalue weighted by molar-refractivity contribution is -0.129. The summed E-state index contributed by atoms with van der Waals surface area (Å²) in [6.45, 7) is 6.54. The molecule has 3 N–H and O–H groups in total. The summed E-state index contributed by atoms with van der Waals surface area (Å²) < 4.78 is 1.51. The Kier molecular flexibility index (Phi) is 11.4. The van der Waals surface area contributed by atoms with E-state index in [9.17, 15) is 19.2 Å². The molecule has 4 amide bonds. The predicted octanol–water partition coefficient (Wildman–Crippen LogP) is 1.76. The Bertz CT molecular complexity index is 1750. The van der Waals surface area contributed by atoms with Crippen LogP contribution in [0.25, 0.3) is 11.4 Å². The summed E-state index contributed by atoms with van der Waals surface area (Å²) >= 11 is 0. The van der Waals surface area contributed by atoms with Crippen LogP contribution < -0.4 is 16.0 Å². The molecule has 1 aliphatic heterocycles. The van der Waals surface area contributed by atoms with Crippen molar-refractivity contribution in [2.45, 2.75) is 65.1 Å². The first-order chi connectivity index (χ1) is 23.6. The van der Waals surface area contributed by atoms with Gasteiger partial charge in [0.25, 0.3) is 5.91 Å². The minimum atomic E-state index is -0.865. The number of aromatic nitrogens is 7. The van der Waals surface area contributed by atoms with Crippen molar-refractivity contribution in [3.63, 3.8) is 0 Å². The number of hydrogen-bond donors (Lipinski definition) is 3. The number of carbonyl (C=O) groups excluding carboxylic acids is 4. The number of amides is 4. The summed E-state index contributed by atoms with van der Waals surface area (Å²) in [7, 11) is 1.68. The topological polar surface area (TPSA) is 182 Å². The lowest BCUT2D eigenvalue weighted by Gasteiger charge is -2.26. The number of carbonyl (C=O) groups is 4. The minimum Gasteiger partial charge on any atom is -0.354 e. The maximum Gasteiger partial charge on any atom is 0.253 e. The number of tetrazole rings is 1. The van der Waals surface area contributed by atoms with Gasteiger partial charge < -0.3 is 20.9 Å². The monoisotopic (exact) mass is 669 g/mol. The van der Waals surface area contributed by atoms with Crippen LogP contribution in [0.5, 0.6) is 0 Å². The summed E-state index contributed by atoms with van der Waals surface area (Å²) in [4.78, 5) is 61.5. The Balaban J connectivity index is 1.37. The molecular formula is C34H43N11O4. The van der Waals surface area contributed by atoms with Gasteiger partial charge in [-0.1, -0.05) is 56.3 Å². The molecule has 5 rings (SSSR count). The molecule has 4 aromatic rings. The number of nitrogens with one attached hydrogen (secondary N) is 3. The first-order valence-electron chi connectivity index (χ1n) is 16.5. The summed E-state index contributed by atoms with van der Waals surface area (Å²) in [5.74, 6) is 0.161. The number of fused-ring (bicyclic) bond motifs is 1. The van der Waals surface area contributed by atoms with Gasteiger partial charge in [0.1, 0.15) is 18.4 Å². The van der Waals surface area contributed by atoms with Crippen LogP contribution in [0.4, 0.5) is 0 Å². The van der Waals surface area contributed by atoms with Gasteiger partial charge in [0, 0.05) is 43.6 Å². The van der Waals surface area contributed by atoms with Crippen LogP contribution in [0.2, 0.25) is 0 Å². The highest BCUT2D eigenvalue weighted by molar-refractivity contribution is 5.94. The van der Waals surface area contributed by atoms with E-state index >= 15 is 0 Å². The van der Waals surface area contributed by atoms with Crippen molar-refractivity contribution in [3.8, 4) is 11.4 Å². The third kappa shape index (κ3) is 9.33. The Hall–Kier alpha value is -5.47. The van der Waals surface area contributed by atoms with Gasteiger partial charge in [-0.15, -0.1) is 10.2 Å². The molecule has 49 heavy (non-hydrogen) atoms. The van der Waals surface area contributed by atoms with E-state index in [4.69, 9.17) is 0 Å². The van der Waals surface area contributed by atoms with Crippen molar-refractivity contribution < 1.29 is 19.2 Å². The highest BCUT2D eigenvalue weighted by Crippen LogP contribution is 2.21. The number of benzene rings is 2. The minimum absolute atomic E-state index is 0.0866. The normalized spacial score (nSPS) is 18.6. The molecule has 0 saturated heterocycles. The van der Waals surface area contributed by atoms with Crippen molar-refractivity contribution in [1.29, 1.82) is 0 Å². The standard InChI is InChI=1S/C34H43N11O4/c1-22(2)30-32-36-23(3)40-45(32)21-29(47)35-17-9-19-44(34(49)26-15-13-25(14-16-26)31-39-42-43(4)41-31)18-8-12-28(46)37-27(33(48)38-30)20-24-10-6-5-7-11-24/h5-7,10-11,13-16,22,27,30H,8-9,12,17-21H2,1-4H3,(H,35,47)(H,37,46)(H,38,48)/t27-,30+/m1/s1. The molecule has 15 nitrogen and oxygen atoms in total. The van der Waals surface area contributed by atoms with Gasteiger partial charge in [-0.3, -0.25) is 19.2 Å². The van der Waals surface area contributed by atoms with Crippen LogP contribution in [0.1, 0.15) is 66.7 Å². The molecule has 258 valence electrons. The Labute approximate surface area is 284 Å². The first kappa shape index (κ1) is 34.9. The molecule has 0 aliphatic carbocycles. The average Bonchev–Trinajstić information content (AvgIpc) is 3.68. The van der Waals surface area contributed by atoms with Crippen molar-refractivity contribution in [2.75, 3.05) is 19.6 Å². The zero-order valence-electron chi connectivity index (χ0n) is 28.3. The molecule has 1 aliphatic rings. The van der Waals surface area contributed by atoms with E-state index in [0.29, 0.717) is 55.5 Å². The van der Waals surface area contributed by atoms with Gasteiger partial charge in [0.15, 0.2) is 5.82 Å². The van der Waals surface area contributed by atoms with Crippen LogP contribution in [0, 0.1) is 12.8 Å². The van der Waals surface area contributed by atoms with E-state index in [1.165, 1.54) is 9.48 Å². The fourth-order valence-electron chi connectivity index (χ4n) is 5.71. The van der Waals surface area contributed by atoms with Gasteiger partial charge in [-0.05, 0) is 48.6 Å². The van der Waals surface area contributed by atoms with Gasteiger partial charge in [-0.25, -0.2) is 9.67 Å². The second kappa shape index (κ2) is 16.1. The molecule has 0 spiro atoms. The zero-order chi connectivity index (χ0) is 34.9. The van der Waals surface area contributed by atoms with E-state index in [1.807, 2.05) is 44.2 Å². The number of nitrogens with zero attached hydrogens (tertiary/aromatic N) is 8. The molecule has 15 heteroatoms. The third-order valence-electron chi connectivity index (χ3n) is 8.22. The maximum absolute atomic E-state index is 13.8. The second-order valence-electron chi connectivity index (χ2n) is 12.5. The van der Waals surface area contributed by atoms with Crippen LogP contribution in [0.15, 0.2) is 54.6 Å². The smallest absolute Gasteiger partial charge is 0.253 e. The van der Waals surface area contributed by atoms with Crippen LogP contribution in [0.3, 0.4) is 0 Å². The second-order valence-corrected chi connectivity index (χ2v) is 12.5. The van der Waals surface area contributed by atoms with Crippen molar-refractivity contribution >= 4 is 23.6 Å². The van der Waals surface area contributed by atoms with Crippen molar-refractivity contribution in [1.82, 2.24) is 55.8 Å². The lowest BCUT2D eigenvalue weighted by Crippen LogP contribution is -2.50. The van der Waals surface area contributed by atoms with E-state index in [-0.39, 0.29) is 48.9 Å². The first-order valence-corrected chi connectivity index (χ1v) is 16.5. The molecule has 2 aromatic heterocycles. The number of aryl methyl sites for hydroxylation is 2. The molecular weight excluding hydrogens is 626 g/mol. The van der Waals surface area contributed by atoms with E-state index in [2.05, 4.69) is 41.4 Å². The van der Waals surface area contributed by atoms with Crippen LogP contribution in [-0.4, -0.2) is 89.2 Å². The summed E-state index contributed by atoms with van der Waals surface area (Å²) in [6.07, 6.45) is 1.26. The number of rotatable bonds is 5. The quantitative estimate of drug-likeness (QED) is 0.285. The summed E-state index contributed by atoms with van der Waals surface area (Å²) in [6, 6.07) is 15.0. The van der Waals surface area contributed by atoms with Crippen LogP contribution >= 0.6 is 0 Å². The predicted molar refractivity (Wildman–Crippen MR) is 180 cm³/mol. The lowest BCUT2D eigenvalue weighted by atomic mass is 10.0. The Morgan fingerprint density at radius 1 is 0.939 bits per heavy atom. The van der Waals surface area contributed by atoms with Gasteiger partial charge >= 0.3 is 0 Å². The molecule has 0 fully saturated rings. The molecule has 3 heterocycles. The molecule has 0 bridgehead atoms. The van der Waals surface area contributed by atoms with Gasteiger partial charge in [-0.2, -0.15) is 9.90 Å². The van der Waals surface area contributed by atoms with Crippen LogP contribution in [-0.2, 0) is 34.4 Å². The largest absolute Gasteiger partial charge is 0.354 e. The van der Waals surface area contributed by atoms with Crippen molar-refractivity contribution in [2.24, 2.45) is 13.0 Å². The summed E-state index contributed by atoms with van der Waals surface area (Å²) in [5, 5.41) is 25.5. The SMILES string of the molecule is Cc1nc2n(n1)CC(=O)NCCCN(C(=O)c1ccc(-c3nnn(C)n3)cc1)CCCC(=O)N[C@H](Cc1ccccc1)C(=O)N[C@H]2C(C)C. The molecule has 2 aromatic carbocycles. The van der Waals surface area contributed by atoms with Gasteiger partial charge in [0.05, 0.1) is 13.1 Å². The van der Waals surface area contributed by atoms with E-state index < -0.39 is 12.1 Å². The molecule has 2 atom stereocenters. The molecule has 0 radical (unpaired) electrons. The highest BCUT2D eigenvalue weighted by Gasteiger charge is 2.30. The fourth-order valence-corrected chi connectivity index (χ4v) is 5.71. The van der Waals surface area contributed by atoms with Gasteiger partial charge in [0.2, 0.25) is 23.5 Å². The zero-order valence-corrected chi connectivity index (χ0v) is 28.3.